The van der Waals surface area contributed by atoms with Crippen LogP contribution in [0.2, 0.25) is 0 Å². The number of hydrogen-bond donors (Lipinski definition) is 1. The maximum Gasteiger partial charge on any atom is 0.388 e. The molecule has 0 radical (unpaired) electrons. The van der Waals surface area contributed by atoms with E-state index in [1.54, 1.807) is 0 Å². The van der Waals surface area contributed by atoms with E-state index in [9.17, 15) is 4.79 Å². The highest BCUT2D eigenvalue weighted by molar-refractivity contribution is 5.75. The zero-order valence-electron chi connectivity index (χ0n) is 6.99. The molecule has 0 aromatic carbocycles. The molecule has 3 nitrogen and oxygen atoms in total. The smallest absolute Gasteiger partial charge is 0.388 e. The Hall–Kier alpha value is -1.04. The fraction of sp³-hybridized carbons (Fsp3) is 0.778. The van der Waals surface area contributed by atoms with Crippen LogP contribution in [-0.4, -0.2) is 17.1 Å². The molecular weight excluding hydrogens is 154 g/mol. The summed E-state index contributed by atoms with van der Waals surface area (Å²) in [6.45, 7) is 6.77. The van der Waals surface area contributed by atoms with Crippen molar-refractivity contribution in [1.29, 1.82) is 0 Å². The molecule has 12 heavy (non-hydrogen) atoms. The van der Waals surface area contributed by atoms with Crippen LogP contribution in [0.4, 0.5) is 0 Å². The van der Waals surface area contributed by atoms with Crippen molar-refractivity contribution in [2.45, 2.75) is 38.1 Å². The molecule has 1 aliphatic rings. The van der Waals surface area contributed by atoms with Crippen LogP contribution < -0.4 is 0 Å². The lowest BCUT2D eigenvalue weighted by Crippen LogP contribution is -2.27. The maximum atomic E-state index is 10.6. The number of hydrogen-bond acceptors (Lipinski definition) is 1. The summed E-state index contributed by atoms with van der Waals surface area (Å²) in [5.74, 6) is -0.842. The van der Waals surface area contributed by atoms with E-state index < -0.39 is 12.0 Å². The Morgan fingerprint density at radius 3 is 2.42 bits per heavy atom. The van der Waals surface area contributed by atoms with Crippen LogP contribution in [0.15, 0.2) is 0 Å². The average molecular weight is 167 g/mol. The SMILES string of the molecule is [C-]#[N+]C(C(=O)O)C1CCCCC1. The predicted octanol–water partition coefficient (Wildman–Crippen LogP) is 1.94. The maximum absolute atomic E-state index is 10.6. The lowest BCUT2D eigenvalue weighted by atomic mass is 9.84. The van der Waals surface area contributed by atoms with E-state index in [0.29, 0.717) is 0 Å². The van der Waals surface area contributed by atoms with Crippen molar-refractivity contribution in [3.05, 3.63) is 11.4 Å². The van der Waals surface area contributed by atoms with Crippen molar-refractivity contribution in [3.63, 3.8) is 0 Å². The number of rotatable bonds is 2. The number of nitrogens with zero attached hydrogens (tertiary/aromatic N) is 1. The second kappa shape index (κ2) is 4.10. The summed E-state index contributed by atoms with van der Waals surface area (Å²) in [6.07, 6.45) is 5.20. The van der Waals surface area contributed by atoms with Crippen LogP contribution in [0.5, 0.6) is 0 Å². The standard InChI is InChI=1S/C9H13NO2/c1-10-8(9(11)12)7-5-3-2-4-6-7/h7-8H,2-6H2,(H,11,12). The minimum atomic E-state index is -0.947. The molecule has 0 saturated heterocycles. The van der Waals surface area contributed by atoms with Crippen molar-refractivity contribution in [3.8, 4) is 0 Å². The topological polar surface area (TPSA) is 41.7 Å². The zero-order valence-corrected chi connectivity index (χ0v) is 6.99. The highest BCUT2D eigenvalue weighted by Gasteiger charge is 2.34. The quantitative estimate of drug-likeness (QED) is 0.638. The van der Waals surface area contributed by atoms with Crippen LogP contribution in [0.3, 0.4) is 0 Å². The van der Waals surface area contributed by atoms with E-state index in [2.05, 4.69) is 4.85 Å². The van der Waals surface area contributed by atoms with Crippen molar-refractivity contribution in [2.75, 3.05) is 0 Å². The van der Waals surface area contributed by atoms with Gasteiger partial charge in [0.1, 0.15) is 0 Å². The normalized spacial score (nSPS) is 21.2. The summed E-state index contributed by atoms with van der Waals surface area (Å²) >= 11 is 0. The Labute approximate surface area is 72.2 Å². The third-order valence-electron chi connectivity index (χ3n) is 2.49. The first-order valence-corrected chi connectivity index (χ1v) is 4.35. The number of aliphatic carboxylic acids is 1. The van der Waals surface area contributed by atoms with E-state index >= 15 is 0 Å². The molecule has 1 saturated carbocycles. The molecule has 0 aromatic heterocycles. The lowest BCUT2D eigenvalue weighted by Gasteiger charge is -2.19. The van der Waals surface area contributed by atoms with Gasteiger partial charge in [0, 0.05) is 5.92 Å². The highest BCUT2D eigenvalue weighted by atomic mass is 16.4. The fourth-order valence-electron chi connectivity index (χ4n) is 1.81. The van der Waals surface area contributed by atoms with Gasteiger partial charge in [-0.3, -0.25) is 0 Å². The molecule has 1 N–H and O–H groups in total. The predicted molar refractivity (Wildman–Crippen MR) is 44.6 cm³/mol. The van der Waals surface area contributed by atoms with Gasteiger partial charge < -0.3 is 9.95 Å². The van der Waals surface area contributed by atoms with E-state index in [-0.39, 0.29) is 5.92 Å². The highest BCUT2D eigenvalue weighted by Crippen LogP contribution is 2.28. The Morgan fingerprint density at radius 2 is 2.00 bits per heavy atom. The minimum absolute atomic E-state index is 0.105. The summed E-state index contributed by atoms with van der Waals surface area (Å²) in [7, 11) is 0. The van der Waals surface area contributed by atoms with Crippen molar-refractivity contribution < 1.29 is 9.90 Å². The van der Waals surface area contributed by atoms with Gasteiger partial charge in [0.05, 0.1) is 0 Å². The van der Waals surface area contributed by atoms with Gasteiger partial charge in [0.25, 0.3) is 0 Å². The minimum Gasteiger partial charge on any atom is -0.476 e. The van der Waals surface area contributed by atoms with Gasteiger partial charge in [-0.25, -0.2) is 11.4 Å². The molecule has 1 unspecified atom stereocenters. The first-order chi connectivity index (χ1) is 5.75. The van der Waals surface area contributed by atoms with Crippen LogP contribution in [0.25, 0.3) is 4.85 Å². The molecule has 0 bridgehead atoms. The van der Waals surface area contributed by atoms with Crippen LogP contribution in [0, 0.1) is 12.5 Å². The number of carboxylic acid groups (broad SMARTS) is 1. The third kappa shape index (κ3) is 1.97. The van der Waals surface area contributed by atoms with E-state index in [4.69, 9.17) is 11.7 Å². The van der Waals surface area contributed by atoms with Gasteiger partial charge in [-0.2, -0.15) is 0 Å². The average Bonchev–Trinajstić information content (AvgIpc) is 2.07. The van der Waals surface area contributed by atoms with Gasteiger partial charge in [0.15, 0.2) is 0 Å². The Bertz CT molecular complexity index is 201. The Morgan fingerprint density at radius 1 is 1.42 bits per heavy atom. The zero-order chi connectivity index (χ0) is 8.97. The molecule has 0 aliphatic heterocycles. The van der Waals surface area contributed by atoms with E-state index in [1.165, 1.54) is 6.42 Å². The third-order valence-corrected chi connectivity index (χ3v) is 2.49. The number of carbonyl (C=O) groups is 1. The molecular formula is C9H13NO2. The summed E-state index contributed by atoms with van der Waals surface area (Å²) in [5.41, 5.74) is 0. The van der Waals surface area contributed by atoms with E-state index in [0.717, 1.165) is 25.7 Å². The van der Waals surface area contributed by atoms with Gasteiger partial charge in [-0.05, 0) is 12.8 Å². The molecule has 0 aromatic rings. The molecule has 1 fully saturated rings. The first-order valence-electron chi connectivity index (χ1n) is 4.35. The second-order valence-electron chi connectivity index (χ2n) is 3.31. The molecule has 0 spiro atoms. The molecule has 1 atom stereocenters. The molecule has 0 amide bonds. The van der Waals surface area contributed by atoms with Crippen molar-refractivity contribution >= 4 is 5.97 Å². The number of carboxylic acids is 1. The van der Waals surface area contributed by atoms with Crippen molar-refractivity contribution in [2.24, 2.45) is 5.92 Å². The second-order valence-corrected chi connectivity index (χ2v) is 3.31. The van der Waals surface area contributed by atoms with Gasteiger partial charge in [0.2, 0.25) is 0 Å². The molecule has 66 valence electrons. The molecule has 1 aliphatic carbocycles. The van der Waals surface area contributed by atoms with Gasteiger partial charge in [-0.1, -0.05) is 19.3 Å². The largest absolute Gasteiger partial charge is 0.476 e. The Balaban J connectivity index is 2.53. The summed E-state index contributed by atoms with van der Waals surface area (Å²) in [5, 5.41) is 8.71. The monoisotopic (exact) mass is 167 g/mol. The van der Waals surface area contributed by atoms with Gasteiger partial charge in [-0.15, -0.1) is 0 Å². The summed E-state index contributed by atoms with van der Waals surface area (Å²) in [6, 6.07) is -0.787. The van der Waals surface area contributed by atoms with Crippen LogP contribution >= 0.6 is 0 Å². The molecule has 0 heterocycles. The summed E-state index contributed by atoms with van der Waals surface area (Å²) in [4.78, 5) is 13.8. The molecule has 3 heteroatoms. The van der Waals surface area contributed by atoms with E-state index in [1.807, 2.05) is 0 Å². The molecule has 1 rings (SSSR count). The van der Waals surface area contributed by atoms with Crippen LogP contribution in [-0.2, 0) is 4.79 Å². The first kappa shape index (κ1) is 9.05. The van der Waals surface area contributed by atoms with Gasteiger partial charge >= 0.3 is 12.0 Å². The lowest BCUT2D eigenvalue weighted by molar-refractivity contribution is -0.138. The van der Waals surface area contributed by atoms with Crippen LogP contribution in [0.1, 0.15) is 32.1 Å². The summed E-state index contributed by atoms with van der Waals surface area (Å²) < 4.78 is 0. The fourth-order valence-corrected chi connectivity index (χ4v) is 1.81. The van der Waals surface area contributed by atoms with Crippen molar-refractivity contribution in [1.82, 2.24) is 0 Å². The Kier molecular flexibility index (Phi) is 3.09.